The summed E-state index contributed by atoms with van der Waals surface area (Å²) in [4.78, 5) is 23.1. The van der Waals surface area contributed by atoms with Crippen LogP contribution in [-0.4, -0.2) is 25.3 Å². The number of nitrogens with one attached hydrogen (secondary N) is 1. The zero-order valence-electron chi connectivity index (χ0n) is 14.8. The van der Waals surface area contributed by atoms with Gasteiger partial charge in [-0.2, -0.15) is 0 Å². The number of hydrogen-bond acceptors (Lipinski definition) is 4. The number of alkyl carbamates (subject to hydrolysis) is 1. The van der Waals surface area contributed by atoms with E-state index in [1.165, 1.54) is 0 Å². The highest BCUT2D eigenvalue weighted by Gasteiger charge is 2.24. The highest BCUT2D eigenvalue weighted by molar-refractivity contribution is 5.86. The second-order valence-electron chi connectivity index (χ2n) is 6.16. The number of carbonyl (C=O) groups is 2. The monoisotopic (exact) mass is 331 g/mol. The molecule has 0 aliphatic rings. The highest BCUT2D eigenvalue weighted by atomic mass is 16.6. The molecule has 1 aromatic rings. The quantitative estimate of drug-likeness (QED) is 0.469. The standard InChI is InChI=1S/C19H25NO4/c1-13(2)15-8-7-9-16(12-15)19(5,6)20-18(22)24-11-10-23-17(21)14(3)4/h7-9,12H,1,3,10-11H2,2,4-6H3,(H,20,22). The van der Waals surface area contributed by atoms with Crippen LogP contribution in [0.1, 0.15) is 38.8 Å². The van der Waals surface area contributed by atoms with Crippen LogP contribution < -0.4 is 5.32 Å². The molecule has 0 aliphatic heterocycles. The van der Waals surface area contributed by atoms with Crippen molar-refractivity contribution in [3.8, 4) is 0 Å². The first-order chi connectivity index (χ1) is 11.1. The predicted octanol–water partition coefficient (Wildman–Crippen LogP) is 3.80. The van der Waals surface area contributed by atoms with E-state index in [9.17, 15) is 9.59 Å². The van der Waals surface area contributed by atoms with Crippen molar-refractivity contribution in [2.24, 2.45) is 0 Å². The summed E-state index contributed by atoms with van der Waals surface area (Å²) in [5, 5.41) is 2.80. The van der Waals surface area contributed by atoms with Gasteiger partial charge in [-0.15, -0.1) is 0 Å². The van der Waals surface area contributed by atoms with Gasteiger partial charge in [0, 0.05) is 5.57 Å². The topological polar surface area (TPSA) is 64.6 Å². The van der Waals surface area contributed by atoms with Gasteiger partial charge in [-0.05, 0) is 44.9 Å². The van der Waals surface area contributed by atoms with E-state index >= 15 is 0 Å². The van der Waals surface area contributed by atoms with E-state index in [1.807, 2.05) is 45.0 Å². The lowest BCUT2D eigenvalue weighted by atomic mass is 9.92. The van der Waals surface area contributed by atoms with Gasteiger partial charge in [0.25, 0.3) is 0 Å². The van der Waals surface area contributed by atoms with Crippen LogP contribution in [0.25, 0.3) is 5.57 Å². The van der Waals surface area contributed by atoms with Gasteiger partial charge in [0.15, 0.2) is 0 Å². The molecular formula is C19H25NO4. The zero-order chi connectivity index (χ0) is 18.3. The second kappa shape index (κ2) is 8.34. The van der Waals surface area contributed by atoms with Crippen molar-refractivity contribution in [1.82, 2.24) is 5.32 Å². The molecule has 0 spiro atoms. The maximum atomic E-state index is 11.9. The maximum Gasteiger partial charge on any atom is 0.407 e. The minimum absolute atomic E-state index is 0.00924. The normalized spacial score (nSPS) is 10.7. The molecule has 0 aliphatic carbocycles. The van der Waals surface area contributed by atoms with Crippen molar-refractivity contribution in [1.29, 1.82) is 0 Å². The van der Waals surface area contributed by atoms with Crippen molar-refractivity contribution in [2.75, 3.05) is 13.2 Å². The highest BCUT2D eigenvalue weighted by Crippen LogP contribution is 2.23. The molecule has 24 heavy (non-hydrogen) atoms. The Kier molecular flexibility index (Phi) is 6.77. The number of amides is 1. The van der Waals surface area contributed by atoms with Crippen LogP contribution >= 0.6 is 0 Å². The molecule has 1 amide bonds. The van der Waals surface area contributed by atoms with Crippen molar-refractivity contribution >= 4 is 17.6 Å². The molecule has 0 saturated heterocycles. The van der Waals surface area contributed by atoms with Gasteiger partial charge < -0.3 is 14.8 Å². The van der Waals surface area contributed by atoms with Crippen LogP contribution in [0.2, 0.25) is 0 Å². The summed E-state index contributed by atoms with van der Waals surface area (Å²) < 4.78 is 9.89. The average Bonchev–Trinajstić information content (AvgIpc) is 2.50. The molecule has 0 saturated carbocycles. The predicted molar refractivity (Wildman–Crippen MR) is 94.4 cm³/mol. The van der Waals surface area contributed by atoms with Gasteiger partial charge in [-0.3, -0.25) is 0 Å². The van der Waals surface area contributed by atoms with Crippen LogP contribution in [0, 0.1) is 0 Å². The summed E-state index contributed by atoms with van der Waals surface area (Å²) in [6, 6.07) is 7.81. The summed E-state index contributed by atoms with van der Waals surface area (Å²) >= 11 is 0. The Balaban J connectivity index is 2.56. The Bertz CT molecular complexity index is 647. The molecule has 0 heterocycles. The third-order valence-electron chi connectivity index (χ3n) is 3.39. The molecule has 1 N–H and O–H groups in total. The molecule has 0 bridgehead atoms. The molecule has 0 unspecified atom stereocenters. The third-order valence-corrected chi connectivity index (χ3v) is 3.39. The van der Waals surface area contributed by atoms with E-state index in [0.717, 1.165) is 16.7 Å². The lowest BCUT2D eigenvalue weighted by Crippen LogP contribution is -2.41. The number of hydrogen-bond donors (Lipinski definition) is 1. The number of carbonyl (C=O) groups excluding carboxylic acids is 2. The second-order valence-corrected chi connectivity index (χ2v) is 6.16. The Morgan fingerprint density at radius 2 is 1.75 bits per heavy atom. The lowest BCUT2D eigenvalue weighted by molar-refractivity contribution is -0.139. The van der Waals surface area contributed by atoms with E-state index < -0.39 is 17.6 Å². The van der Waals surface area contributed by atoms with Crippen LogP contribution in [0.3, 0.4) is 0 Å². The van der Waals surface area contributed by atoms with Gasteiger partial charge in [0.2, 0.25) is 0 Å². The van der Waals surface area contributed by atoms with Crippen LogP contribution in [-0.2, 0) is 19.8 Å². The number of allylic oxidation sites excluding steroid dienone is 1. The smallest absolute Gasteiger partial charge is 0.407 e. The summed E-state index contributed by atoms with van der Waals surface area (Å²) in [6.07, 6.45) is -0.577. The van der Waals surface area contributed by atoms with Crippen molar-refractivity contribution in [3.05, 3.63) is 54.1 Å². The summed E-state index contributed by atoms with van der Waals surface area (Å²) in [7, 11) is 0. The molecule has 5 heteroatoms. The van der Waals surface area contributed by atoms with Crippen molar-refractivity contribution in [2.45, 2.75) is 33.2 Å². The van der Waals surface area contributed by atoms with E-state index in [0.29, 0.717) is 5.57 Å². The third kappa shape index (κ3) is 5.91. The largest absolute Gasteiger partial charge is 0.459 e. The van der Waals surface area contributed by atoms with Crippen LogP contribution in [0.15, 0.2) is 43.0 Å². The summed E-state index contributed by atoms with van der Waals surface area (Å²) in [5.41, 5.74) is 2.60. The first-order valence-electron chi connectivity index (χ1n) is 7.67. The summed E-state index contributed by atoms with van der Waals surface area (Å²) in [6.45, 7) is 14.6. The minimum Gasteiger partial charge on any atom is -0.459 e. The molecule has 0 fully saturated rings. The van der Waals surface area contributed by atoms with E-state index in [1.54, 1.807) is 6.92 Å². The lowest BCUT2D eigenvalue weighted by Gasteiger charge is -2.27. The molecule has 0 radical (unpaired) electrons. The van der Waals surface area contributed by atoms with Gasteiger partial charge in [-0.25, -0.2) is 9.59 Å². The maximum absolute atomic E-state index is 11.9. The van der Waals surface area contributed by atoms with Crippen molar-refractivity contribution < 1.29 is 19.1 Å². The zero-order valence-corrected chi connectivity index (χ0v) is 14.8. The van der Waals surface area contributed by atoms with E-state index in [4.69, 9.17) is 9.47 Å². The number of ether oxygens (including phenoxy) is 2. The molecule has 1 aromatic carbocycles. The SMILES string of the molecule is C=C(C)C(=O)OCCOC(=O)NC(C)(C)c1cccc(C(=C)C)c1. The van der Waals surface area contributed by atoms with Gasteiger partial charge in [-0.1, -0.05) is 36.9 Å². The van der Waals surface area contributed by atoms with E-state index in [-0.39, 0.29) is 13.2 Å². The molecule has 0 atom stereocenters. The fourth-order valence-electron chi connectivity index (χ4n) is 1.93. The number of benzene rings is 1. The first kappa shape index (κ1) is 19.5. The van der Waals surface area contributed by atoms with Crippen LogP contribution in [0.4, 0.5) is 4.79 Å². The molecule has 1 rings (SSSR count). The number of esters is 1. The van der Waals surface area contributed by atoms with Gasteiger partial charge in [0.1, 0.15) is 13.2 Å². The minimum atomic E-state index is -0.614. The first-order valence-corrected chi connectivity index (χ1v) is 7.67. The Morgan fingerprint density at radius 3 is 2.33 bits per heavy atom. The average molecular weight is 331 g/mol. The molecule has 0 aromatic heterocycles. The Labute approximate surface area is 143 Å². The van der Waals surface area contributed by atoms with Crippen molar-refractivity contribution in [3.63, 3.8) is 0 Å². The fourth-order valence-corrected chi connectivity index (χ4v) is 1.93. The molecular weight excluding hydrogens is 306 g/mol. The molecule has 5 nitrogen and oxygen atoms in total. The molecule has 130 valence electrons. The van der Waals surface area contributed by atoms with Crippen LogP contribution in [0.5, 0.6) is 0 Å². The summed E-state index contributed by atoms with van der Waals surface area (Å²) in [5.74, 6) is -0.504. The Morgan fingerprint density at radius 1 is 1.12 bits per heavy atom. The Hall–Kier alpha value is -2.56. The number of rotatable bonds is 7. The van der Waals surface area contributed by atoms with Gasteiger partial charge >= 0.3 is 12.1 Å². The van der Waals surface area contributed by atoms with Gasteiger partial charge in [0.05, 0.1) is 5.54 Å². The fraction of sp³-hybridized carbons (Fsp3) is 0.368. The van der Waals surface area contributed by atoms with E-state index in [2.05, 4.69) is 18.5 Å².